The second kappa shape index (κ2) is 10.1. The van der Waals surface area contributed by atoms with E-state index in [1.54, 1.807) is 22.7 Å². The molecular weight excluding hydrogens is 373 g/mol. The third-order valence-corrected chi connectivity index (χ3v) is 5.23. The van der Waals surface area contributed by atoms with Crippen LogP contribution in [0.5, 0.6) is 0 Å². The lowest BCUT2D eigenvalue weighted by Gasteiger charge is -2.14. The Morgan fingerprint density at radius 3 is 2.91 bits per heavy atom. The zero-order valence-electron chi connectivity index (χ0n) is 12.4. The van der Waals surface area contributed by atoms with E-state index in [4.69, 9.17) is 0 Å². The molecule has 0 fully saturated rings. The Labute approximate surface area is 156 Å². The zero-order valence-corrected chi connectivity index (χ0v) is 15.7. The molecule has 0 atom stereocenters. The Balaban J connectivity index is 0.00000132. The second-order valence-corrected chi connectivity index (χ2v) is 6.70. The third kappa shape index (κ3) is 5.90. The summed E-state index contributed by atoms with van der Waals surface area (Å²) in [6, 6.07) is 4.07. The summed E-state index contributed by atoms with van der Waals surface area (Å²) in [5.41, 5.74) is 2.15. The molecule has 4 nitrogen and oxygen atoms in total. The van der Waals surface area contributed by atoms with E-state index in [2.05, 4.69) is 27.8 Å². The number of thiazole rings is 1. The summed E-state index contributed by atoms with van der Waals surface area (Å²) < 4.78 is 0. The molecule has 0 bridgehead atoms. The smallest absolute Gasteiger partial charge is 0.226 e. The van der Waals surface area contributed by atoms with Crippen molar-refractivity contribution in [2.24, 2.45) is 0 Å². The monoisotopic (exact) mass is 391 g/mol. The average Bonchev–Trinajstić information content (AvgIpc) is 3.17. The molecule has 0 spiro atoms. The van der Waals surface area contributed by atoms with Crippen LogP contribution in [0.15, 0.2) is 34.5 Å². The normalized spacial score (nSPS) is 13.5. The van der Waals surface area contributed by atoms with Crippen molar-refractivity contribution in [1.29, 1.82) is 0 Å². The highest BCUT2D eigenvalue weighted by Crippen LogP contribution is 2.27. The SMILES string of the molecule is Cl.Cl.O=C(Cc1csc(-c2cccs2)n1)NCC1=CCNCC1. The van der Waals surface area contributed by atoms with Crippen molar-refractivity contribution in [1.82, 2.24) is 15.6 Å². The molecule has 3 rings (SSSR count). The first-order chi connectivity index (χ1) is 10.3. The predicted molar refractivity (Wildman–Crippen MR) is 102 cm³/mol. The maximum atomic E-state index is 12.0. The summed E-state index contributed by atoms with van der Waals surface area (Å²) in [5.74, 6) is 0.0393. The average molecular weight is 392 g/mol. The van der Waals surface area contributed by atoms with Gasteiger partial charge in [0.05, 0.1) is 17.0 Å². The minimum absolute atomic E-state index is 0. The van der Waals surface area contributed by atoms with Crippen molar-refractivity contribution >= 4 is 53.4 Å². The number of aromatic nitrogens is 1. The van der Waals surface area contributed by atoms with E-state index in [-0.39, 0.29) is 30.7 Å². The number of carbonyl (C=O) groups is 1. The lowest BCUT2D eigenvalue weighted by atomic mass is 10.1. The van der Waals surface area contributed by atoms with Gasteiger partial charge in [0.15, 0.2) is 0 Å². The van der Waals surface area contributed by atoms with Gasteiger partial charge in [-0.2, -0.15) is 0 Å². The fourth-order valence-corrected chi connectivity index (χ4v) is 3.80. The number of hydrogen-bond acceptors (Lipinski definition) is 5. The van der Waals surface area contributed by atoms with E-state index in [0.717, 1.165) is 35.1 Å². The Morgan fingerprint density at radius 2 is 2.22 bits per heavy atom. The number of nitrogens with zero attached hydrogens (tertiary/aromatic N) is 1. The molecule has 0 saturated heterocycles. The van der Waals surface area contributed by atoms with Crippen molar-refractivity contribution in [2.75, 3.05) is 19.6 Å². The predicted octanol–water partition coefficient (Wildman–Crippen LogP) is 3.29. The van der Waals surface area contributed by atoms with E-state index in [9.17, 15) is 4.79 Å². The Morgan fingerprint density at radius 1 is 1.35 bits per heavy atom. The summed E-state index contributed by atoms with van der Waals surface area (Å²) in [6.45, 7) is 2.56. The van der Waals surface area contributed by atoms with E-state index in [1.165, 1.54) is 5.57 Å². The molecule has 1 aliphatic rings. The van der Waals surface area contributed by atoms with Crippen molar-refractivity contribution in [3.8, 4) is 9.88 Å². The van der Waals surface area contributed by atoms with Gasteiger partial charge in [0.2, 0.25) is 5.91 Å². The number of thiophene rings is 1. The number of halogens is 2. The van der Waals surface area contributed by atoms with Gasteiger partial charge in [-0.1, -0.05) is 17.7 Å². The Bertz CT molecular complexity index is 641. The fourth-order valence-electron chi connectivity index (χ4n) is 2.17. The Kier molecular flexibility index (Phi) is 8.79. The van der Waals surface area contributed by atoms with Crippen molar-refractivity contribution in [3.63, 3.8) is 0 Å². The van der Waals surface area contributed by atoms with E-state index in [1.807, 2.05) is 16.8 Å². The summed E-state index contributed by atoms with van der Waals surface area (Å²) in [5, 5.41) is 11.2. The van der Waals surface area contributed by atoms with Gasteiger partial charge in [0, 0.05) is 18.5 Å². The molecule has 8 heteroatoms. The van der Waals surface area contributed by atoms with Crippen LogP contribution in [0.4, 0.5) is 0 Å². The largest absolute Gasteiger partial charge is 0.352 e. The Hall–Kier alpha value is -0.920. The van der Waals surface area contributed by atoms with Gasteiger partial charge in [0.25, 0.3) is 0 Å². The van der Waals surface area contributed by atoms with Crippen molar-refractivity contribution < 1.29 is 4.79 Å². The van der Waals surface area contributed by atoms with Gasteiger partial charge in [-0.15, -0.1) is 47.5 Å². The lowest BCUT2D eigenvalue weighted by Crippen LogP contribution is -2.30. The van der Waals surface area contributed by atoms with Crippen LogP contribution in [0.25, 0.3) is 9.88 Å². The molecule has 23 heavy (non-hydrogen) atoms. The van der Waals surface area contributed by atoms with E-state index in [0.29, 0.717) is 13.0 Å². The standard InChI is InChI=1S/C15H17N3OS2.2ClH/c19-14(17-9-11-3-5-16-6-4-11)8-12-10-21-15(18-12)13-2-1-7-20-13;;/h1-3,7,10,16H,4-6,8-9H2,(H,17,19);2*1H. The van der Waals surface area contributed by atoms with Gasteiger partial charge >= 0.3 is 0 Å². The summed E-state index contributed by atoms with van der Waals surface area (Å²) >= 11 is 3.27. The summed E-state index contributed by atoms with van der Waals surface area (Å²) in [7, 11) is 0. The van der Waals surface area contributed by atoms with Gasteiger partial charge in [-0.25, -0.2) is 4.98 Å². The first-order valence-corrected chi connectivity index (χ1v) is 8.71. The number of hydrogen-bond donors (Lipinski definition) is 2. The highest BCUT2D eigenvalue weighted by Gasteiger charge is 2.10. The molecule has 0 aromatic carbocycles. The molecular formula is C15H19Cl2N3OS2. The van der Waals surface area contributed by atoms with Crippen LogP contribution in [-0.2, 0) is 11.2 Å². The lowest BCUT2D eigenvalue weighted by molar-refractivity contribution is -0.120. The highest BCUT2D eigenvalue weighted by atomic mass is 35.5. The topological polar surface area (TPSA) is 54.0 Å². The molecule has 0 saturated carbocycles. The van der Waals surface area contributed by atoms with Crippen LogP contribution in [0.1, 0.15) is 12.1 Å². The molecule has 3 heterocycles. The van der Waals surface area contributed by atoms with E-state index < -0.39 is 0 Å². The number of rotatable bonds is 5. The molecule has 2 aromatic rings. The van der Waals surface area contributed by atoms with Crippen LogP contribution in [0.3, 0.4) is 0 Å². The quantitative estimate of drug-likeness (QED) is 0.768. The minimum atomic E-state index is 0. The first-order valence-electron chi connectivity index (χ1n) is 6.95. The third-order valence-electron chi connectivity index (χ3n) is 3.30. The molecule has 0 unspecified atom stereocenters. The summed E-state index contributed by atoms with van der Waals surface area (Å²) in [4.78, 5) is 17.7. The van der Waals surface area contributed by atoms with Crippen LogP contribution in [0.2, 0.25) is 0 Å². The molecule has 0 radical (unpaired) electrons. The van der Waals surface area contributed by atoms with Crippen LogP contribution >= 0.6 is 47.5 Å². The van der Waals surface area contributed by atoms with Crippen LogP contribution in [-0.4, -0.2) is 30.5 Å². The van der Waals surface area contributed by atoms with Crippen LogP contribution < -0.4 is 10.6 Å². The molecule has 2 N–H and O–H groups in total. The molecule has 126 valence electrons. The van der Waals surface area contributed by atoms with E-state index >= 15 is 0 Å². The van der Waals surface area contributed by atoms with Gasteiger partial charge in [0.1, 0.15) is 5.01 Å². The van der Waals surface area contributed by atoms with Crippen molar-refractivity contribution in [2.45, 2.75) is 12.8 Å². The number of nitrogens with one attached hydrogen (secondary N) is 2. The number of amides is 1. The van der Waals surface area contributed by atoms with Crippen molar-refractivity contribution in [3.05, 3.63) is 40.2 Å². The minimum Gasteiger partial charge on any atom is -0.352 e. The second-order valence-electron chi connectivity index (χ2n) is 4.89. The fraction of sp³-hybridized carbons (Fsp3) is 0.333. The van der Waals surface area contributed by atoms with Gasteiger partial charge in [-0.05, 0) is 24.4 Å². The van der Waals surface area contributed by atoms with Crippen LogP contribution in [0, 0.1) is 0 Å². The molecule has 2 aromatic heterocycles. The van der Waals surface area contributed by atoms with Gasteiger partial charge < -0.3 is 10.6 Å². The maximum absolute atomic E-state index is 12.0. The molecule has 0 aliphatic carbocycles. The zero-order chi connectivity index (χ0) is 14.5. The summed E-state index contributed by atoms with van der Waals surface area (Å²) in [6.07, 6.45) is 3.52. The first kappa shape index (κ1) is 20.1. The molecule has 1 amide bonds. The highest BCUT2D eigenvalue weighted by molar-refractivity contribution is 7.20. The number of carbonyl (C=O) groups excluding carboxylic acids is 1. The maximum Gasteiger partial charge on any atom is 0.226 e. The molecule has 1 aliphatic heterocycles. The van der Waals surface area contributed by atoms with Gasteiger partial charge in [-0.3, -0.25) is 4.79 Å².